The maximum Gasteiger partial charge on any atom is 0.345 e. The molecule has 2 aromatic heterocycles. The molecule has 7 nitrogen and oxygen atoms in total. The molecule has 1 aromatic carbocycles. The summed E-state index contributed by atoms with van der Waals surface area (Å²) in [5, 5.41) is 6.52. The second-order valence-corrected chi connectivity index (χ2v) is 8.37. The van der Waals surface area contributed by atoms with Gasteiger partial charge in [0.05, 0.1) is 16.3 Å². The van der Waals surface area contributed by atoms with Crippen LogP contribution in [-0.2, 0) is 23.6 Å². The van der Waals surface area contributed by atoms with Crippen molar-refractivity contribution in [2.24, 2.45) is 7.05 Å². The van der Waals surface area contributed by atoms with Crippen LogP contribution >= 0.6 is 22.9 Å². The number of rotatable bonds is 6. The maximum atomic E-state index is 12.2. The maximum absolute atomic E-state index is 12.2. The summed E-state index contributed by atoms with van der Waals surface area (Å²) < 4.78 is 29.6. The number of aromatic nitrogens is 3. The number of hydrogen-bond acceptors (Lipinski definition) is 5. The summed E-state index contributed by atoms with van der Waals surface area (Å²) in [6, 6.07) is 9.73. The van der Waals surface area contributed by atoms with E-state index < -0.39 is 10.0 Å². The molecule has 0 aliphatic rings. The van der Waals surface area contributed by atoms with Crippen molar-refractivity contribution >= 4 is 33.0 Å². The van der Waals surface area contributed by atoms with Gasteiger partial charge in [-0.05, 0) is 29.6 Å². The summed E-state index contributed by atoms with van der Waals surface area (Å²) in [7, 11) is -2.06. The molecule has 3 rings (SSSR count). The second-order valence-electron chi connectivity index (χ2n) is 5.22. The van der Waals surface area contributed by atoms with Gasteiger partial charge in [0.2, 0.25) is 10.0 Å². The van der Waals surface area contributed by atoms with Crippen LogP contribution < -0.4 is 10.4 Å². The molecule has 0 aliphatic heterocycles. The van der Waals surface area contributed by atoms with E-state index in [1.54, 1.807) is 19.2 Å². The van der Waals surface area contributed by atoms with Gasteiger partial charge in [-0.3, -0.25) is 4.57 Å². The van der Waals surface area contributed by atoms with Crippen LogP contribution in [-0.4, -0.2) is 29.3 Å². The highest BCUT2D eigenvalue weighted by atomic mass is 35.5. The smallest absolute Gasteiger partial charge is 0.277 e. The third-order valence-electron chi connectivity index (χ3n) is 3.50. The molecule has 0 aliphatic carbocycles. The van der Waals surface area contributed by atoms with Gasteiger partial charge < -0.3 is 0 Å². The molecule has 1 N–H and O–H groups in total. The number of hydrogen-bond donors (Lipinski definition) is 1. The first-order valence-electron chi connectivity index (χ1n) is 7.31. The lowest BCUT2D eigenvalue weighted by Crippen LogP contribution is -2.31. The van der Waals surface area contributed by atoms with Crippen molar-refractivity contribution in [1.29, 1.82) is 0 Å². The fourth-order valence-electron chi connectivity index (χ4n) is 2.26. The van der Waals surface area contributed by atoms with Crippen molar-refractivity contribution in [3.63, 3.8) is 0 Å². The minimum atomic E-state index is -3.69. The van der Waals surface area contributed by atoms with Gasteiger partial charge in [0.15, 0.2) is 5.82 Å². The first kappa shape index (κ1) is 17.9. The minimum absolute atomic E-state index is 0.0373. The molecule has 3 aromatic rings. The van der Waals surface area contributed by atoms with E-state index in [0.717, 1.165) is 4.88 Å². The lowest BCUT2D eigenvalue weighted by atomic mass is 10.4. The second kappa shape index (κ2) is 7.12. The van der Waals surface area contributed by atoms with E-state index in [-0.39, 0.29) is 23.7 Å². The van der Waals surface area contributed by atoms with E-state index >= 15 is 0 Å². The molecule has 0 spiro atoms. The summed E-state index contributed by atoms with van der Waals surface area (Å²) in [5.74, 6) is 0.553. The Hall–Kier alpha value is -1.94. The van der Waals surface area contributed by atoms with Crippen molar-refractivity contribution < 1.29 is 8.42 Å². The van der Waals surface area contributed by atoms with Crippen LogP contribution in [0, 0.1) is 0 Å². The topological polar surface area (TPSA) is 86.0 Å². The molecule has 0 radical (unpaired) electrons. The lowest BCUT2D eigenvalue weighted by Gasteiger charge is -2.06. The molecule has 132 valence electrons. The Bertz CT molecular complexity index is 1040. The van der Waals surface area contributed by atoms with Crippen molar-refractivity contribution in [1.82, 2.24) is 19.1 Å². The first-order valence-corrected chi connectivity index (χ1v) is 10.1. The Morgan fingerprint density at radius 2 is 2.08 bits per heavy atom. The average molecular weight is 399 g/mol. The Morgan fingerprint density at radius 3 is 2.76 bits per heavy atom. The van der Waals surface area contributed by atoms with Crippen LogP contribution in [0.2, 0.25) is 5.02 Å². The highest BCUT2D eigenvalue weighted by Crippen LogP contribution is 2.20. The van der Waals surface area contributed by atoms with Gasteiger partial charge >= 0.3 is 5.69 Å². The quantitative estimate of drug-likeness (QED) is 0.687. The monoisotopic (exact) mass is 398 g/mol. The number of nitrogens with zero attached hydrogens (tertiary/aromatic N) is 3. The SMILES string of the molecule is Cn1c(-c2cccs2)nn(CCNS(=O)(=O)c2cccc(Cl)c2)c1=O. The van der Waals surface area contributed by atoms with Crippen molar-refractivity contribution in [3.05, 3.63) is 57.3 Å². The zero-order valence-corrected chi connectivity index (χ0v) is 15.6. The van der Waals surface area contributed by atoms with E-state index in [9.17, 15) is 13.2 Å². The van der Waals surface area contributed by atoms with Crippen LogP contribution in [0.25, 0.3) is 10.7 Å². The third kappa shape index (κ3) is 3.84. The van der Waals surface area contributed by atoms with Gasteiger partial charge in [-0.2, -0.15) is 0 Å². The molecule has 25 heavy (non-hydrogen) atoms. The number of sulfonamides is 1. The molecule has 0 unspecified atom stereocenters. The molecule has 0 amide bonds. The molecule has 2 heterocycles. The number of halogens is 1. The first-order chi connectivity index (χ1) is 11.9. The minimum Gasteiger partial charge on any atom is -0.277 e. The third-order valence-corrected chi connectivity index (χ3v) is 6.06. The van der Waals surface area contributed by atoms with Gasteiger partial charge in [0, 0.05) is 18.6 Å². The molecular formula is C15H15ClN4O3S2. The predicted molar refractivity (Wildman–Crippen MR) is 97.4 cm³/mol. The van der Waals surface area contributed by atoms with E-state index in [4.69, 9.17) is 11.6 Å². The molecule has 0 atom stereocenters. The van der Waals surface area contributed by atoms with Crippen LogP contribution in [0.5, 0.6) is 0 Å². The zero-order valence-electron chi connectivity index (χ0n) is 13.2. The van der Waals surface area contributed by atoms with Gasteiger partial charge in [-0.25, -0.2) is 22.6 Å². The highest BCUT2D eigenvalue weighted by Gasteiger charge is 2.16. The van der Waals surface area contributed by atoms with E-state index in [1.165, 1.54) is 32.7 Å². The Morgan fingerprint density at radius 1 is 1.28 bits per heavy atom. The van der Waals surface area contributed by atoms with Crippen molar-refractivity contribution in [2.45, 2.75) is 11.4 Å². The van der Waals surface area contributed by atoms with Gasteiger partial charge in [-0.15, -0.1) is 16.4 Å². The average Bonchev–Trinajstić information content (AvgIpc) is 3.19. The Kier molecular flexibility index (Phi) is 5.09. The summed E-state index contributed by atoms with van der Waals surface area (Å²) in [6.45, 7) is 0.160. The van der Waals surface area contributed by atoms with Crippen LogP contribution in [0.1, 0.15) is 0 Å². The van der Waals surface area contributed by atoms with Crippen LogP contribution in [0.4, 0.5) is 0 Å². The van der Waals surface area contributed by atoms with Crippen molar-refractivity contribution in [3.8, 4) is 10.7 Å². The molecule has 10 heteroatoms. The van der Waals surface area contributed by atoms with Gasteiger partial charge in [0.1, 0.15) is 0 Å². The Balaban J connectivity index is 1.72. The summed E-state index contributed by atoms with van der Waals surface area (Å²) >= 11 is 7.30. The van der Waals surface area contributed by atoms with Crippen LogP contribution in [0.3, 0.4) is 0 Å². The summed E-state index contributed by atoms with van der Waals surface area (Å²) in [6.07, 6.45) is 0. The molecule has 0 bridgehead atoms. The number of nitrogens with one attached hydrogen (secondary N) is 1. The van der Waals surface area contributed by atoms with E-state index in [2.05, 4.69) is 9.82 Å². The number of benzene rings is 1. The largest absolute Gasteiger partial charge is 0.345 e. The number of thiophene rings is 1. The van der Waals surface area contributed by atoms with E-state index in [1.807, 2.05) is 17.5 Å². The highest BCUT2D eigenvalue weighted by molar-refractivity contribution is 7.89. The van der Waals surface area contributed by atoms with Crippen molar-refractivity contribution in [2.75, 3.05) is 6.54 Å². The molecular weight excluding hydrogens is 384 g/mol. The standard InChI is InChI=1S/C15H15ClN4O3S2/c1-19-14(13-6-3-9-24-13)18-20(15(19)21)8-7-17-25(22,23)12-5-2-4-11(16)10-12/h2-6,9-10,17H,7-8H2,1H3. The van der Waals surface area contributed by atoms with Gasteiger partial charge in [0.25, 0.3) is 0 Å². The molecule has 0 saturated heterocycles. The van der Waals surface area contributed by atoms with Gasteiger partial charge in [-0.1, -0.05) is 23.7 Å². The molecule has 0 fully saturated rings. The fourth-order valence-corrected chi connectivity index (χ4v) is 4.32. The normalized spacial score (nSPS) is 11.8. The zero-order chi connectivity index (χ0) is 18.0. The van der Waals surface area contributed by atoms with E-state index in [0.29, 0.717) is 10.8 Å². The fraction of sp³-hybridized carbons (Fsp3) is 0.200. The predicted octanol–water partition coefficient (Wildman–Crippen LogP) is 1.94. The summed E-state index contributed by atoms with van der Waals surface area (Å²) in [4.78, 5) is 13.2. The van der Waals surface area contributed by atoms with Crippen LogP contribution in [0.15, 0.2) is 51.5 Å². The lowest BCUT2D eigenvalue weighted by molar-refractivity contribution is 0.551. The Labute approximate surface area is 153 Å². The summed E-state index contributed by atoms with van der Waals surface area (Å²) in [5.41, 5.74) is -0.301. The molecule has 0 saturated carbocycles.